The van der Waals surface area contributed by atoms with Gasteiger partial charge in [0.25, 0.3) is 0 Å². The van der Waals surface area contributed by atoms with Crippen molar-refractivity contribution in [2.45, 2.75) is 59.4 Å². The van der Waals surface area contributed by atoms with E-state index in [1.54, 1.807) is 0 Å². The van der Waals surface area contributed by atoms with Crippen LogP contribution >= 0.6 is 0 Å². The third-order valence-corrected chi connectivity index (χ3v) is 3.55. The Labute approximate surface area is 89.7 Å². The topological polar surface area (TPSA) is 12.0 Å². The van der Waals surface area contributed by atoms with Gasteiger partial charge in [-0.2, -0.15) is 0 Å². The molecule has 84 valence electrons. The average Bonchev–Trinajstić information content (AvgIpc) is 2.86. The summed E-state index contributed by atoms with van der Waals surface area (Å²) in [6, 6.07) is 0.858. The van der Waals surface area contributed by atoms with E-state index in [4.69, 9.17) is 0 Å². The summed E-state index contributed by atoms with van der Waals surface area (Å²) in [5.41, 5.74) is 0. The van der Waals surface area contributed by atoms with Crippen molar-refractivity contribution in [3.8, 4) is 0 Å². The minimum absolute atomic E-state index is 0.858. The molecule has 1 rings (SSSR count). The Morgan fingerprint density at radius 2 is 1.93 bits per heavy atom. The lowest BCUT2D eigenvalue weighted by molar-refractivity contribution is 0.361. The first-order valence-corrected chi connectivity index (χ1v) is 6.42. The molecule has 3 unspecified atom stereocenters. The van der Waals surface area contributed by atoms with Gasteiger partial charge in [0, 0.05) is 6.04 Å². The first-order valence-electron chi connectivity index (χ1n) is 6.42. The minimum Gasteiger partial charge on any atom is -0.314 e. The molecule has 0 aliphatic heterocycles. The fraction of sp³-hybridized carbons (Fsp3) is 1.00. The van der Waals surface area contributed by atoms with Gasteiger partial charge in [0.15, 0.2) is 0 Å². The van der Waals surface area contributed by atoms with Crippen LogP contribution in [-0.2, 0) is 0 Å². The SMILES string of the molecule is CCNC1CC1C(CC)CCC(C)C. The molecule has 0 radical (unpaired) electrons. The van der Waals surface area contributed by atoms with Gasteiger partial charge in [0.05, 0.1) is 0 Å². The Hall–Kier alpha value is -0.0400. The zero-order valence-corrected chi connectivity index (χ0v) is 10.3. The van der Waals surface area contributed by atoms with Gasteiger partial charge in [-0.1, -0.05) is 40.5 Å². The summed E-state index contributed by atoms with van der Waals surface area (Å²) in [5, 5.41) is 3.57. The van der Waals surface area contributed by atoms with Crippen LogP contribution in [0.2, 0.25) is 0 Å². The van der Waals surface area contributed by atoms with Crippen molar-refractivity contribution >= 4 is 0 Å². The Morgan fingerprint density at radius 1 is 1.21 bits per heavy atom. The summed E-state index contributed by atoms with van der Waals surface area (Å²) >= 11 is 0. The Kier molecular flexibility index (Phi) is 4.94. The molecule has 1 aliphatic rings. The van der Waals surface area contributed by atoms with Crippen LogP contribution in [0.4, 0.5) is 0 Å². The zero-order valence-electron chi connectivity index (χ0n) is 10.3. The Balaban J connectivity index is 2.19. The van der Waals surface area contributed by atoms with E-state index in [2.05, 4.69) is 33.0 Å². The first-order chi connectivity index (χ1) is 6.69. The molecule has 1 N–H and O–H groups in total. The van der Waals surface area contributed by atoms with E-state index >= 15 is 0 Å². The van der Waals surface area contributed by atoms with Crippen molar-refractivity contribution in [2.75, 3.05) is 6.54 Å². The largest absolute Gasteiger partial charge is 0.314 e. The fourth-order valence-electron chi connectivity index (χ4n) is 2.50. The highest BCUT2D eigenvalue weighted by Gasteiger charge is 2.40. The highest BCUT2D eigenvalue weighted by Crippen LogP contribution is 2.41. The molecule has 0 heterocycles. The van der Waals surface area contributed by atoms with Crippen LogP contribution in [0, 0.1) is 17.8 Å². The molecule has 0 saturated heterocycles. The fourth-order valence-corrected chi connectivity index (χ4v) is 2.50. The summed E-state index contributed by atoms with van der Waals surface area (Å²) in [7, 11) is 0. The van der Waals surface area contributed by atoms with Gasteiger partial charge in [-0.3, -0.25) is 0 Å². The van der Waals surface area contributed by atoms with Gasteiger partial charge in [-0.05, 0) is 37.1 Å². The van der Waals surface area contributed by atoms with Gasteiger partial charge in [-0.15, -0.1) is 0 Å². The minimum atomic E-state index is 0.858. The lowest BCUT2D eigenvalue weighted by Gasteiger charge is -2.16. The summed E-state index contributed by atoms with van der Waals surface area (Å²) in [4.78, 5) is 0. The molecule has 0 aromatic heterocycles. The van der Waals surface area contributed by atoms with Crippen molar-refractivity contribution in [3.63, 3.8) is 0 Å². The van der Waals surface area contributed by atoms with Crippen LogP contribution in [0.5, 0.6) is 0 Å². The second-order valence-corrected chi connectivity index (χ2v) is 5.20. The van der Waals surface area contributed by atoms with Crippen molar-refractivity contribution in [1.29, 1.82) is 0 Å². The molecule has 1 fully saturated rings. The van der Waals surface area contributed by atoms with Crippen LogP contribution in [0.3, 0.4) is 0 Å². The molecule has 1 aliphatic carbocycles. The molecule has 3 atom stereocenters. The molecule has 1 heteroatoms. The van der Waals surface area contributed by atoms with Gasteiger partial charge >= 0.3 is 0 Å². The van der Waals surface area contributed by atoms with Crippen molar-refractivity contribution in [2.24, 2.45) is 17.8 Å². The molecule has 1 nitrogen and oxygen atoms in total. The van der Waals surface area contributed by atoms with Crippen LogP contribution in [-0.4, -0.2) is 12.6 Å². The predicted octanol–water partition coefficient (Wildman–Crippen LogP) is 3.45. The molecule has 1 saturated carbocycles. The number of hydrogen-bond donors (Lipinski definition) is 1. The van der Waals surface area contributed by atoms with Gasteiger partial charge in [0.1, 0.15) is 0 Å². The molecule has 0 aromatic carbocycles. The third-order valence-electron chi connectivity index (χ3n) is 3.55. The smallest absolute Gasteiger partial charge is 0.0102 e. The maximum absolute atomic E-state index is 3.57. The van der Waals surface area contributed by atoms with Crippen LogP contribution in [0.15, 0.2) is 0 Å². The quantitative estimate of drug-likeness (QED) is 0.659. The molecule has 0 bridgehead atoms. The maximum Gasteiger partial charge on any atom is 0.0102 e. The van der Waals surface area contributed by atoms with Crippen LogP contribution < -0.4 is 5.32 Å². The average molecular weight is 197 g/mol. The van der Waals surface area contributed by atoms with Crippen LogP contribution in [0.1, 0.15) is 53.4 Å². The molecular weight excluding hydrogens is 170 g/mol. The molecule has 14 heavy (non-hydrogen) atoms. The summed E-state index contributed by atoms with van der Waals surface area (Å²) < 4.78 is 0. The van der Waals surface area contributed by atoms with Gasteiger partial charge in [0.2, 0.25) is 0 Å². The highest BCUT2D eigenvalue weighted by molar-refractivity contribution is 4.96. The lowest BCUT2D eigenvalue weighted by atomic mass is 9.91. The summed E-state index contributed by atoms with van der Waals surface area (Å²) in [6.45, 7) is 10.4. The second-order valence-electron chi connectivity index (χ2n) is 5.20. The molecule has 0 aromatic rings. The third kappa shape index (κ3) is 3.61. The Bertz CT molecular complexity index is 153. The number of hydrogen-bond acceptors (Lipinski definition) is 1. The van der Waals surface area contributed by atoms with E-state index in [9.17, 15) is 0 Å². The predicted molar refractivity (Wildman–Crippen MR) is 63.4 cm³/mol. The van der Waals surface area contributed by atoms with Crippen molar-refractivity contribution in [1.82, 2.24) is 5.32 Å². The van der Waals surface area contributed by atoms with E-state index in [0.717, 1.165) is 30.3 Å². The van der Waals surface area contributed by atoms with Crippen molar-refractivity contribution in [3.05, 3.63) is 0 Å². The summed E-state index contributed by atoms with van der Waals surface area (Å²) in [5.74, 6) is 2.86. The van der Waals surface area contributed by atoms with Crippen molar-refractivity contribution < 1.29 is 0 Å². The van der Waals surface area contributed by atoms with Gasteiger partial charge < -0.3 is 5.32 Å². The van der Waals surface area contributed by atoms with E-state index in [1.807, 2.05) is 0 Å². The first kappa shape index (κ1) is 12.0. The number of rotatable bonds is 7. The van der Waals surface area contributed by atoms with E-state index < -0.39 is 0 Å². The molecule has 0 amide bonds. The monoisotopic (exact) mass is 197 g/mol. The van der Waals surface area contributed by atoms with E-state index in [1.165, 1.54) is 25.7 Å². The van der Waals surface area contributed by atoms with Crippen LogP contribution in [0.25, 0.3) is 0 Å². The lowest BCUT2D eigenvalue weighted by Crippen LogP contribution is -2.20. The van der Waals surface area contributed by atoms with E-state index in [-0.39, 0.29) is 0 Å². The second kappa shape index (κ2) is 5.75. The van der Waals surface area contributed by atoms with E-state index in [0.29, 0.717) is 0 Å². The maximum atomic E-state index is 3.57. The highest BCUT2D eigenvalue weighted by atomic mass is 15.0. The zero-order chi connectivity index (χ0) is 10.6. The molecular formula is C13H27N. The number of nitrogens with one attached hydrogen (secondary N) is 1. The normalized spacial score (nSPS) is 28.1. The Morgan fingerprint density at radius 3 is 2.43 bits per heavy atom. The molecule has 0 spiro atoms. The standard InChI is InChI=1S/C13H27N/c1-5-11(8-7-10(3)4)12-9-13(12)14-6-2/h10-14H,5-9H2,1-4H3. The summed E-state index contributed by atoms with van der Waals surface area (Å²) in [6.07, 6.45) is 5.66. The van der Waals surface area contributed by atoms with Gasteiger partial charge in [-0.25, -0.2) is 0 Å².